The Morgan fingerprint density at radius 1 is 1.09 bits per heavy atom. The second kappa shape index (κ2) is 10.7. The van der Waals surface area contributed by atoms with E-state index >= 15 is 0 Å². The van der Waals surface area contributed by atoms with Crippen LogP contribution in [0.25, 0.3) is 0 Å². The number of esters is 1. The van der Waals surface area contributed by atoms with Crippen LogP contribution in [0.3, 0.4) is 0 Å². The van der Waals surface area contributed by atoms with E-state index in [9.17, 15) is 19.5 Å². The molecule has 3 aromatic rings. The summed E-state index contributed by atoms with van der Waals surface area (Å²) < 4.78 is 7.09. The van der Waals surface area contributed by atoms with Crippen LogP contribution in [0.2, 0.25) is 0 Å². The fourth-order valence-corrected chi connectivity index (χ4v) is 3.35. The number of nitrogens with zero attached hydrogens (tertiary/aromatic N) is 2. The van der Waals surface area contributed by atoms with Gasteiger partial charge >= 0.3 is 5.97 Å². The lowest BCUT2D eigenvalue weighted by Gasteiger charge is -2.17. The second-order valence-corrected chi connectivity index (χ2v) is 7.81. The highest BCUT2D eigenvalue weighted by molar-refractivity contribution is 9.10. The number of halogens is 1. The Labute approximate surface area is 193 Å². The van der Waals surface area contributed by atoms with Gasteiger partial charge in [0.2, 0.25) is 5.88 Å². The molecule has 0 saturated heterocycles. The normalized spacial score (nSPS) is 10.6. The zero-order chi connectivity index (χ0) is 23.1. The number of ether oxygens (including phenoxy) is 1. The van der Waals surface area contributed by atoms with Crippen molar-refractivity contribution in [2.45, 2.75) is 19.9 Å². The van der Waals surface area contributed by atoms with Gasteiger partial charge < -0.3 is 15.2 Å². The molecular weight excluding hydrogens is 478 g/mol. The lowest BCUT2D eigenvalue weighted by molar-refractivity contribution is -0.141. The summed E-state index contributed by atoms with van der Waals surface area (Å²) in [5, 5.41) is 13.2. The molecule has 0 spiro atoms. The standard InChI is InChI=1S/C23H22BrN3O5/c1-2-32-19(28)13-25-21(29)20-22(30)26-18(12-15-6-4-3-5-7-15)27(23(20)31)14-16-8-10-17(24)11-9-16/h3-11,31H,2,12-14H2,1H3,(H,25,29). The Balaban J connectivity index is 2.00. The molecule has 32 heavy (non-hydrogen) atoms. The summed E-state index contributed by atoms with van der Waals surface area (Å²) in [5.74, 6) is -1.75. The monoisotopic (exact) mass is 499 g/mol. The van der Waals surface area contributed by atoms with E-state index in [1.165, 1.54) is 4.57 Å². The van der Waals surface area contributed by atoms with Crippen LogP contribution in [-0.2, 0) is 22.5 Å². The van der Waals surface area contributed by atoms with Gasteiger partial charge in [0.25, 0.3) is 11.5 Å². The van der Waals surface area contributed by atoms with E-state index in [0.29, 0.717) is 5.82 Å². The molecule has 0 aliphatic carbocycles. The third kappa shape index (κ3) is 5.82. The quantitative estimate of drug-likeness (QED) is 0.461. The molecule has 0 unspecified atom stereocenters. The number of amides is 1. The van der Waals surface area contributed by atoms with E-state index in [0.717, 1.165) is 15.6 Å². The van der Waals surface area contributed by atoms with E-state index in [1.54, 1.807) is 6.92 Å². The van der Waals surface area contributed by atoms with Crippen LogP contribution in [0, 0.1) is 0 Å². The predicted molar refractivity (Wildman–Crippen MR) is 122 cm³/mol. The minimum atomic E-state index is -0.899. The van der Waals surface area contributed by atoms with E-state index < -0.39 is 35.4 Å². The highest BCUT2D eigenvalue weighted by Gasteiger charge is 2.23. The van der Waals surface area contributed by atoms with Crippen molar-refractivity contribution in [2.24, 2.45) is 0 Å². The molecule has 0 atom stereocenters. The van der Waals surface area contributed by atoms with E-state index in [2.05, 4.69) is 26.2 Å². The molecule has 0 bridgehead atoms. The van der Waals surface area contributed by atoms with Crippen LogP contribution < -0.4 is 10.9 Å². The SMILES string of the molecule is CCOC(=O)CNC(=O)c1c(O)n(Cc2ccc(Br)cc2)c(Cc2ccccc2)nc1=O. The van der Waals surface area contributed by atoms with Crippen LogP contribution in [0.4, 0.5) is 0 Å². The molecule has 2 N–H and O–H groups in total. The molecule has 0 radical (unpaired) electrons. The lowest BCUT2D eigenvalue weighted by atomic mass is 10.1. The largest absolute Gasteiger partial charge is 0.494 e. The molecule has 1 aromatic heterocycles. The van der Waals surface area contributed by atoms with Crippen molar-refractivity contribution in [2.75, 3.05) is 13.2 Å². The minimum absolute atomic E-state index is 0.162. The first-order chi connectivity index (χ1) is 15.4. The highest BCUT2D eigenvalue weighted by Crippen LogP contribution is 2.20. The van der Waals surface area contributed by atoms with Gasteiger partial charge in [0.1, 0.15) is 12.4 Å². The molecule has 1 heterocycles. The van der Waals surface area contributed by atoms with Gasteiger partial charge in [0, 0.05) is 10.9 Å². The molecule has 0 aliphatic rings. The van der Waals surface area contributed by atoms with Gasteiger partial charge in [0.15, 0.2) is 5.56 Å². The van der Waals surface area contributed by atoms with Gasteiger partial charge in [-0.1, -0.05) is 58.4 Å². The summed E-state index contributed by atoms with van der Waals surface area (Å²) in [5.41, 5.74) is 0.328. The summed E-state index contributed by atoms with van der Waals surface area (Å²) >= 11 is 3.38. The summed E-state index contributed by atoms with van der Waals surface area (Å²) in [6, 6.07) is 16.8. The Morgan fingerprint density at radius 3 is 2.44 bits per heavy atom. The van der Waals surface area contributed by atoms with Crippen LogP contribution >= 0.6 is 15.9 Å². The lowest BCUT2D eigenvalue weighted by Crippen LogP contribution is -2.36. The fourth-order valence-electron chi connectivity index (χ4n) is 3.09. The first kappa shape index (κ1) is 23.2. The number of hydrogen-bond acceptors (Lipinski definition) is 6. The van der Waals surface area contributed by atoms with Gasteiger partial charge in [-0.3, -0.25) is 19.0 Å². The van der Waals surface area contributed by atoms with E-state index in [4.69, 9.17) is 4.74 Å². The maximum absolute atomic E-state index is 12.6. The summed E-state index contributed by atoms with van der Waals surface area (Å²) in [6.45, 7) is 1.56. The average molecular weight is 500 g/mol. The van der Waals surface area contributed by atoms with Crippen molar-refractivity contribution >= 4 is 27.8 Å². The second-order valence-electron chi connectivity index (χ2n) is 6.89. The Bertz CT molecular complexity index is 1160. The van der Waals surface area contributed by atoms with Crippen molar-refractivity contribution in [1.29, 1.82) is 0 Å². The number of rotatable bonds is 8. The van der Waals surface area contributed by atoms with Gasteiger partial charge in [-0.2, -0.15) is 4.98 Å². The summed E-state index contributed by atoms with van der Waals surface area (Å²) in [6.07, 6.45) is 0.283. The Kier molecular flexibility index (Phi) is 7.77. The number of hydrogen-bond donors (Lipinski definition) is 2. The number of benzene rings is 2. The molecule has 0 fully saturated rings. The minimum Gasteiger partial charge on any atom is -0.494 e. The predicted octanol–water partition coefficient (Wildman–Crippen LogP) is 2.64. The first-order valence-electron chi connectivity index (χ1n) is 9.94. The van der Waals surface area contributed by atoms with Crippen molar-refractivity contribution in [3.8, 4) is 5.88 Å². The Morgan fingerprint density at radius 2 is 1.78 bits per heavy atom. The molecule has 1 amide bonds. The third-order valence-electron chi connectivity index (χ3n) is 4.62. The van der Waals surface area contributed by atoms with Gasteiger partial charge in [-0.15, -0.1) is 0 Å². The molecule has 166 valence electrons. The van der Waals surface area contributed by atoms with Crippen molar-refractivity contribution in [3.05, 3.63) is 91.9 Å². The number of carbonyl (C=O) groups is 2. The van der Waals surface area contributed by atoms with Crippen molar-refractivity contribution < 1.29 is 19.4 Å². The van der Waals surface area contributed by atoms with Gasteiger partial charge in [-0.05, 0) is 30.2 Å². The van der Waals surface area contributed by atoms with Crippen molar-refractivity contribution in [3.63, 3.8) is 0 Å². The number of aromatic nitrogens is 2. The molecule has 0 saturated carbocycles. The molecular formula is C23H22BrN3O5. The van der Waals surface area contributed by atoms with Gasteiger partial charge in [0.05, 0.1) is 13.2 Å². The number of carbonyl (C=O) groups excluding carboxylic acids is 2. The zero-order valence-electron chi connectivity index (χ0n) is 17.4. The molecule has 9 heteroatoms. The molecule has 0 aliphatic heterocycles. The maximum atomic E-state index is 12.6. The molecule has 2 aromatic carbocycles. The maximum Gasteiger partial charge on any atom is 0.325 e. The van der Waals surface area contributed by atoms with Crippen LogP contribution in [0.5, 0.6) is 5.88 Å². The zero-order valence-corrected chi connectivity index (χ0v) is 19.0. The smallest absolute Gasteiger partial charge is 0.325 e. The van der Waals surface area contributed by atoms with E-state index in [1.807, 2.05) is 54.6 Å². The summed E-state index contributed by atoms with van der Waals surface area (Å²) in [7, 11) is 0. The average Bonchev–Trinajstić information content (AvgIpc) is 2.77. The van der Waals surface area contributed by atoms with Crippen LogP contribution in [-0.4, -0.2) is 39.7 Å². The van der Waals surface area contributed by atoms with E-state index in [-0.39, 0.29) is 19.6 Å². The molecule has 8 nitrogen and oxygen atoms in total. The third-order valence-corrected chi connectivity index (χ3v) is 5.15. The van der Waals surface area contributed by atoms with Crippen molar-refractivity contribution in [1.82, 2.24) is 14.9 Å². The van der Waals surface area contributed by atoms with Crippen LogP contribution in [0.15, 0.2) is 63.9 Å². The van der Waals surface area contributed by atoms with Crippen LogP contribution in [0.1, 0.15) is 34.2 Å². The summed E-state index contributed by atoms with van der Waals surface area (Å²) in [4.78, 5) is 40.8. The fraction of sp³-hybridized carbons (Fsp3) is 0.217. The molecule has 3 rings (SSSR count). The number of nitrogens with one attached hydrogen (secondary N) is 1. The number of aromatic hydroxyl groups is 1. The topological polar surface area (TPSA) is 111 Å². The van der Waals surface area contributed by atoms with Gasteiger partial charge in [-0.25, -0.2) is 0 Å². The Hall–Kier alpha value is -3.46. The first-order valence-corrected chi connectivity index (χ1v) is 10.7. The highest BCUT2D eigenvalue weighted by atomic mass is 79.9.